The molecular formula is C26H36N6O3Si-. The largest absolute Gasteiger partial charge is 0.444 e. The summed E-state index contributed by atoms with van der Waals surface area (Å²) in [6.45, 7) is 16.2. The van der Waals surface area contributed by atoms with Gasteiger partial charge in [0.05, 0.1) is 22.8 Å². The number of pyridine rings is 2. The van der Waals surface area contributed by atoms with Crippen molar-refractivity contribution in [1.29, 1.82) is 5.26 Å². The molecule has 0 aromatic carbocycles. The average Bonchev–Trinajstić information content (AvgIpc) is 3.13. The third kappa shape index (κ3) is 5.79. The Balaban J connectivity index is 1.64. The van der Waals surface area contributed by atoms with E-state index in [1.807, 2.05) is 43.7 Å². The highest BCUT2D eigenvalue weighted by Crippen LogP contribution is 2.35. The maximum absolute atomic E-state index is 12.5. The van der Waals surface area contributed by atoms with E-state index in [2.05, 4.69) is 35.6 Å². The van der Waals surface area contributed by atoms with Crippen LogP contribution in [0.15, 0.2) is 24.5 Å². The molecule has 0 spiro atoms. The number of hydrogen-bond acceptors (Lipinski definition) is 7. The number of carbonyl (C=O) groups is 1. The Morgan fingerprint density at radius 2 is 1.89 bits per heavy atom. The van der Waals surface area contributed by atoms with E-state index in [-0.39, 0.29) is 6.09 Å². The van der Waals surface area contributed by atoms with Crippen LogP contribution < -0.4 is 4.90 Å². The summed E-state index contributed by atoms with van der Waals surface area (Å²) in [4.78, 5) is 25.6. The van der Waals surface area contributed by atoms with Crippen molar-refractivity contribution in [3.8, 4) is 6.07 Å². The van der Waals surface area contributed by atoms with Crippen LogP contribution in [0.3, 0.4) is 0 Å². The van der Waals surface area contributed by atoms with Gasteiger partial charge in [0.15, 0.2) is 0 Å². The van der Waals surface area contributed by atoms with E-state index in [1.165, 1.54) is 0 Å². The molecule has 0 radical (unpaired) electrons. The lowest BCUT2D eigenvalue weighted by atomic mass is 10.1. The van der Waals surface area contributed by atoms with Crippen LogP contribution in [-0.4, -0.2) is 72.0 Å². The molecule has 0 unspecified atom stereocenters. The SMILES string of the molecule is CC(C)(C)OC(=O)N1CCN(c2ccnc3c2c2cc(C#N)ncc2n3COCC[Si-](C)(C)C)CC1. The summed E-state index contributed by atoms with van der Waals surface area (Å²) in [5, 5.41) is 11.4. The Morgan fingerprint density at radius 3 is 2.53 bits per heavy atom. The maximum Gasteiger partial charge on any atom is 0.410 e. The van der Waals surface area contributed by atoms with E-state index in [0.717, 1.165) is 33.7 Å². The van der Waals surface area contributed by atoms with Crippen LogP contribution in [0.25, 0.3) is 21.9 Å². The zero-order chi connectivity index (χ0) is 26.1. The molecule has 9 nitrogen and oxygen atoms in total. The van der Waals surface area contributed by atoms with Gasteiger partial charge in [-0.25, -0.2) is 14.8 Å². The fourth-order valence-electron chi connectivity index (χ4n) is 4.33. The lowest BCUT2D eigenvalue weighted by Gasteiger charge is -2.37. The Hall–Kier alpha value is -3.16. The topological polar surface area (TPSA) is 96.5 Å². The molecule has 3 aromatic heterocycles. The Labute approximate surface area is 213 Å². The molecule has 4 rings (SSSR count). The van der Waals surface area contributed by atoms with Gasteiger partial charge in [-0.3, -0.25) is 4.57 Å². The first-order valence-corrected chi connectivity index (χ1v) is 16.2. The van der Waals surface area contributed by atoms with Crippen molar-refractivity contribution in [1.82, 2.24) is 19.4 Å². The maximum atomic E-state index is 12.5. The van der Waals surface area contributed by atoms with Gasteiger partial charge < -0.3 is 19.3 Å². The molecule has 1 amide bonds. The van der Waals surface area contributed by atoms with Crippen molar-refractivity contribution in [3.63, 3.8) is 0 Å². The molecule has 1 fully saturated rings. The molecule has 0 bridgehead atoms. The minimum Gasteiger partial charge on any atom is -0.444 e. The van der Waals surface area contributed by atoms with Crippen molar-refractivity contribution in [2.45, 2.75) is 58.8 Å². The molecular weight excluding hydrogens is 472 g/mol. The van der Waals surface area contributed by atoms with E-state index >= 15 is 0 Å². The van der Waals surface area contributed by atoms with Crippen LogP contribution in [0.4, 0.5) is 10.5 Å². The van der Waals surface area contributed by atoms with Crippen LogP contribution >= 0.6 is 0 Å². The number of aromatic nitrogens is 3. The van der Waals surface area contributed by atoms with Gasteiger partial charge in [-0.1, -0.05) is 0 Å². The number of rotatable bonds is 6. The highest BCUT2D eigenvalue weighted by atomic mass is 28.3. The number of ether oxygens (including phenoxy) is 2. The number of piperazine rings is 1. The van der Waals surface area contributed by atoms with E-state index in [0.29, 0.717) is 45.2 Å². The third-order valence-electron chi connectivity index (χ3n) is 6.21. The lowest BCUT2D eigenvalue weighted by molar-refractivity contribution is 0.0240. The van der Waals surface area contributed by atoms with Gasteiger partial charge in [0.25, 0.3) is 0 Å². The second kappa shape index (κ2) is 10.1. The normalized spacial score (nSPS) is 14.9. The van der Waals surface area contributed by atoms with Gasteiger partial charge in [-0.2, -0.15) is 24.9 Å². The highest BCUT2D eigenvalue weighted by molar-refractivity contribution is 6.76. The zero-order valence-electron chi connectivity index (χ0n) is 22.2. The monoisotopic (exact) mass is 508 g/mol. The summed E-state index contributed by atoms with van der Waals surface area (Å²) in [7, 11) is -1.20. The highest BCUT2D eigenvalue weighted by Gasteiger charge is 2.27. The second-order valence-electron chi connectivity index (χ2n) is 11.5. The van der Waals surface area contributed by atoms with Crippen LogP contribution in [0.1, 0.15) is 26.5 Å². The first-order valence-electron chi connectivity index (χ1n) is 12.4. The Bertz CT molecular complexity index is 1290. The quantitative estimate of drug-likeness (QED) is 0.348. The number of amides is 1. The predicted octanol–water partition coefficient (Wildman–Crippen LogP) is 4.83. The fourth-order valence-corrected chi connectivity index (χ4v) is 5.08. The zero-order valence-corrected chi connectivity index (χ0v) is 23.2. The molecule has 0 atom stereocenters. The fraction of sp³-hybridized carbons (Fsp3) is 0.538. The number of nitriles is 1. The molecule has 193 valence electrons. The molecule has 0 aliphatic carbocycles. The van der Waals surface area contributed by atoms with Crippen LogP contribution in [0, 0.1) is 11.3 Å². The van der Waals surface area contributed by atoms with Crippen LogP contribution in [0.2, 0.25) is 25.7 Å². The van der Waals surface area contributed by atoms with E-state index in [9.17, 15) is 10.1 Å². The van der Waals surface area contributed by atoms with E-state index < -0.39 is 13.7 Å². The number of nitrogens with zero attached hydrogens (tertiary/aromatic N) is 6. The van der Waals surface area contributed by atoms with Crippen molar-refractivity contribution in [2.75, 3.05) is 37.7 Å². The van der Waals surface area contributed by atoms with Crippen molar-refractivity contribution in [2.24, 2.45) is 0 Å². The van der Waals surface area contributed by atoms with Crippen molar-refractivity contribution >= 4 is 41.8 Å². The third-order valence-corrected chi connectivity index (χ3v) is 7.92. The molecule has 1 saturated heterocycles. The van der Waals surface area contributed by atoms with Crippen LogP contribution in [-0.2, 0) is 16.2 Å². The summed E-state index contributed by atoms with van der Waals surface area (Å²) in [6.07, 6.45) is 3.27. The summed E-state index contributed by atoms with van der Waals surface area (Å²) in [6, 6.07) is 7.08. The minimum atomic E-state index is -1.20. The number of anilines is 1. The molecule has 10 heteroatoms. The molecule has 36 heavy (non-hydrogen) atoms. The summed E-state index contributed by atoms with van der Waals surface area (Å²) >= 11 is 0. The first kappa shape index (κ1) is 25.9. The molecule has 0 saturated carbocycles. The molecule has 0 N–H and O–H groups in total. The van der Waals surface area contributed by atoms with Crippen molar-refractivity contribution < 1.29 is 14.3 Å². The Morgan fingerprint density at radius 1 is 1.17 bits per heavy atom. The van der Waals surface area contributed by atoms with E-state index in [1.54, 1.807) is 11.1 Å². The number of fused-ring (bicyclic) bond motifs is 3. The molecule has 1 aliphatic heterocycles. The summed E-state index contributed by atoms with van der Waals surface area (Å²) < 4.78 is 13.7. The van der Waals surface area contributed by atoms with Crippen LogP contribution in [0.5, 0.6) is 0 Å². The Kier molecular flexibility index (Phi) is 7.25. The lowest BCUT2D eigenvalue weighted by Crippen LogP contribution is -2.50. The van der Waals surface area contributed by atoms with Crippen molar-refractivity contribution in [3.05, 3.63) is 30.2 Å². The van der Waals surface area contributed by atoms with Gasteiger partial charge in [-0.05, 0) is 32.9 Å². The second-order valence-corrected chi connectivity index (χ2v) is 17.1. The minimum absolute atomic E-state index is 0.279. The standard InChI is InChI=1S/C26H36N6O3Si/c1-26(2,3)35-25(33)31-11-9-30(10-12-31)21-7-8-28-24-23(21)20-15-19(16-27)29-17-22(20)32(24)18-34-13-14-36(4,5)6/h7-8,15,17H,9-14,18H2,1-6H3/q-1. The first-order chi connectivity index (χ1) is 17.0. The van der Waals surface area contributed by atoms with Gasteiger partial charge in [0, 0.05) is 44.4 Å². The summed E-state index contributed by atoms with van der Waals surface area (Å²) in [5.74, 6) is 0. The van der Waals surface area contributed by atoms with Gasteiger partial charge >= 0.3 is 6.09 Å². The van der Waals surface area contributed by atoms with Gasteiger partial charge in [-0.15, -0.1) is 14.1 Å². The number of carbonyl (C=O) groups excluding carboxylic acids is 1. The molecule has 1 aliphatic rings. The smallest absolute Gasteiger partial charge is 0.410 e. The molecule has 3 aromatic rings. The average molecular weight is 509 g/mol. The van der Waals surface area contributed by atoms with Gasteiger partial charge in [0.2, 0.25) is 0 Å². The number of hydrogen-bond donors (Lipinski definition) is 0. The molecule has 4 heterocycles. The van der Waals surface area contributed by atoms with E-state index in [4.69, 9.17) is 14.5 Å². The predicted molar refractivity (Wildman–Crippen MR) is 144 cm³/mol. The van der Waals surface area contributed by atoms with Gasteiger partial charge in [0.1, 0.15) is 29.7 Å². The summed E-state index contributed by atoms with van der Waals surface area (Å²) in [5.41, 5.74) is 2.58.